The summed E-state index contributed by atoms with van der Waals surface area (Å²) < 4.78 is 6.51. The standard InChI is InChI=1S/C9H12ClNOS/c1-6-5-12-7(4-11-6)8-2-3-9(10)13-8/h2-3,6-7,11H,4-5H2,1H3. The molecule has 0 amide bonds. The highest BCUT2D eigenvalue weighted by atomic mass is 35.5. The van der Waals surface area contributed by atoms with Crippen LogP contribution >= 0.6 is 22.9 Å². The van der Waals surface area contributed by atoms with Crippen molar-refractivity contribution >= 4 is 22.9 Å². The Kier molecular flexibility index (Phi) is 2.89. The summed E-state index contributed by atoms with van der Waals surface area (Å²) in [5.74, 6) is 0. The van der Waals surface area contributed by atoms with Crippen LogP contribution in [0.25, 0.3) is 0 Å². The number of morpholine rings is 1. The summed E-state index contributed by atoms with van der Waals surface area (Å²) in [5, 5.41) is 3.38. The van der Waals surface area contributed by atoms with Crippen molar-refractivity contribution in [2.45, 2.75) is 19.1 Å². The number of hydrogen-bond donors (Lipinski definition) is 1. The average Bonchev–Trinajstić information content (AvgIpc) is 2.53. The Morgan fingerprint density at radius 3 is 3.00 bits per heavy atom. The SMILES string of the molecule is CC1COC(c2ccc(Cl)s2)CN1. The summed E-state index contributed by atoms with van der Waals surface area (Å²) in [5.41, 5.74) is 0. The molecule has 1 aromatic rings. The van der Waals surface area contributed by atoms with Crippen LogP contribution < -0.4 is 5.32 Å². The minimum Gasteiger partial charge on any atom is -0.370 e. The Bertz CT molecular complexity index is 281. The molecule has 0 aromatic carbocycles. The molecule has 2 nitrogen and oxygen atoms in total. The maximum Gasteiger partial charge on any atom is 0.104 e. The molecule has 1 N–H and O–H groups in total. The number of thiophene rings is 1. The van der Waals surface area contributed by atoms with E-state index in [1.54, 1.807) is 11.3 Å². The van der Waals surface area contributed by atoms with Gasteiger partial charge in [0.05, 0.1) is 10.9 Å². The third-order valence-electron chi connectivity index (χ3n) is 2.11. The molecule has 1 aliphatic rings. The smallest absolute Gasteiger partial charge is 0.104 e. The largest absolute Gasteiger partial charge is 0.370 e. The topological polar surface area (TPSA) is 21.3 Å². The van der Waals surface area contributed by atoms with Gasteiger partial charge in [0.15, 0.2) is 0 Å². The Morgan fingerprint density at radius 2 is 2.46 bits per heavy atom. The van der Waals surface area contributed by atoms with E-state index in [1.807, 2.05) is 12.1 Å². The van der Waals surface area contributed by atoms with Crippen molar-refractivity contribution in [3.8, 4) is 0 Å². The van der Waals surface area contributed by atoms with E-state index >= 15 is 0 Å². The maximum atomic E-state index is 5.85. The minimum absolute atomic E-state index is 0.189. The second kappa shape index (κ2) is 3.96. The molecule has 1 saturated heterocycles. The Balaban J connectivity index is 2.02. The molecule has 0 saturated carbocycles. The molecular formula is C9H12ClNOS. The molecule has 0 spiro atoms. The zero-order valence-corrected chi connectivity index (χ0v) is 8.99. The van der Waals surface area contributed by atoms with E-state index in [9.17, 15) is 0 Å². The van der Waals surface area contributed by atoms with E-state index < -0.39 is 0 Å². The predicted molar refractivity (Wildman–Crippen MR) is 55.5 cm³/mol. The highest BCUT2D eigenvalue weighted by Gasteiger charge is 2.20. The van der Waals surface area contributed by atoms with E-state index in [-0.39, 0.29) is 6.10 Å². The van der Waals surface area contributed by atoms with Crippen molar-refractivity contribution < 1.29 is 4.74 Å². The lowest BCUT2D eigenvalue weighted by atomic mass is 10.2. The monoisotopic (exact) mass is 217 g/mol. The molecule has 2 rings (SSSR count). The van der Waals surface area contributed by atoms with Gasteiger partial charge < -0.3 is 10.1 Å². The Hall–Kier alpha value is -0.0900. The third-order valence-corrected chi connectivity index (χ3v) is 3.43. The van der Waals surface area contributed by atoms with Gasteiger partial charge in [-0.1, -0.05) is 11.6 Å². The summed E-state index contributed by atoms with van der Waals surface area (Å²) in [7, 11) is 0. The van der Waals surface area contributed by atoms with Crippen LogP contribution in [-0.4, -0.2) is 19.2 Å². The zero-order valence-electron chi connectivity index (χ0n) is 7.42. The van der Waals surface area contributed by atoms with Gasteiger partial charge in [0.1, 0.15) is 6.10 Å². The van der Waals surface area contributed by atoms with Crippen molar-refractivity contribution in [2.24, 2.45) is 0 Å². The van der Waals surface area contributed by atoms with Gasteiger partial charge in [-0.25, -0.2) is 0 Å². The fourth-order valence-electron chi connectivity index (χ4n) is 1.37. The van der Waals surface area contributed by atoms with Gasteiger partial charge in [0.25, 0.3) is 0 Å². The lowest BCUT2D eigenvalue weighted by Crippen LogP contribution is -2.40. The molecule has 0 bridgehead atoms. The number of halogens is 1. The van der Waals surface area contributed by atoms with Gasteiger partial charge in [-0.15, -0.1) is 11.3 Å². The molecule has 0 radical (unpaired) electrons. The van der Waals surface area contributed by atoms with E-state index in [4.69, 9.17) is 16.3 Å². The molecule has 0 aliphatic carbocycles. The van der Waals surface area contributed by atoms with Crippen LogP contribution in [0.3, 0.4) is 0 Å². The van der Waals surface area contributed by atoms with Crippen LogP contribution in [0, 0.1) is 0 Å². The molecule has 2 heterocycles. The first-order chi connectivity index (χ1) is 6.25. The van der Waals surface area contributed by atoms with Crippen LogP contribution in [0.15, 0.2) is 12.1 Å². The fourth-order valence-corrected chi connectivity index (χ4v) is 2.48. The van der Waals surface area contributed by atoms with Gasteiger partial charge in [-0.2, -0.15) is 0 Å². The van der Waals surface area contributed by atoms with Gasteiger partial charge in [-0.3, -0.25) is 0 Å². The molecule has 72 valence electrons. The summed E-state index contributed by atoms with van der Waals surface area (Å²) in [4.78, 5) is 1.21. The summed E-state index contributed by atoms with van der Waals surface area (Å²) in [6.07, 6.45) is 0.189. The van der Waals surface area contributed by atoms with Crippen LogP contribution in [-0.2, 0) is 4.74 Å². The third kappa shape index (κ3) is 2.23. The van der Waals surface area contributed by atoms with Crippen molar-refractivity contribution in [1.29, 1.82) is 0 Å². The van der Waals surface area contributed by atoms with Crippen LogP contribution in [0.2, 0.25) is 4.34 Å². The molecule has 13 heavy (non-hydrogen) atoms. The molecule has 2 atom stereocenters. The highest BCUT2D eigenvalue weighted by Crippen LogP contribution is 2.29. The molecular weight excluding hydrogens is 206 g/mol. The van der Waals surface area contributed by atoms with E-state index in [0.717, 1.165) is 17.5 Å². The van der Waals surface area contributed by atoms with Crippen LogP contribution in [0.5, 0.6) is 0 Å². The normalized spacial score (nSPS) is 29.1. The summed E-state index contributed by atoms with van der Waals surface area (Å²) >= 11 is 7.45. The molecule has 2 unspecified atom stereocenters. The fraction of sp³-hybridized carbons (Fsp3) is 0.556. The maximum absolute atomic E-state index is 5.85. The summed E-state index contributed by atoms with van der Waals surface area (Å²) in [6, 6.07) is 4.42. The lowest BCUT2D eigenvalue weighted by molar-refractivity contribution is 0.00902. The first kappa shape index (κ1) is 9.46. The molecule has 1 aromatic heterocycles. The first-order valence-electron chi connectivity index (χ1n) is 4.36. The van der Waals surface area contributed by atoms with Gasteiger partial charge in [-0.05, 0) is 19.1 Å². The number of nitrogens with one attached hydrogen (secondary N) is 1. The Morgan fingerprint density at radius 1 is 1.62 bits per heavy atom. The van der Waals surface area contributed by atoms with Gasteiger partial charge in [0, 0.05) is 17.5 Å². The lowest BCUT2D eigenvalue weighted by Gasteiger charge is -2.27. The number of rotatable bonds is 1. The van der Waals surface area contributed by atoms with Gasteiger partial charge >= 0.3 is 0 Å². The average molecular weight is 218 g/mol. The Labute approximate surface area is 86.9 Å². The van der Waals surface area contributed by atoms with Gasteiger partial charge in [0.2, 0.25) is 0 Å². The van der Waals surface area contributed by atoms with Crippen LogP contribution in [0.1, 0.15) is 17.9 Å². The first-order valence-corrected chi connectivity index (χ1v) is 5.55. The summed E-state index contributed by atoms with van der Waals surface area (Å²) in [6.45, 7) is 3.79. The second-order valence-electron chi connectivity index (χ2n) is 3.27. The van der Waals surface area contributed by atoms with Crippen molar-refractivity contribution in [3.63, 3.8) is 0 Å². The highest BCUT2D eigenvalue weighted by molar-refractivity contribution is 7.16. The van der Waals surface area contributed by atoms with Crippen molar-refractivity contribution in [1.82, 2.24) is 5.32 Å². The molecule has 1 aliphatic heterocycles. The molecule has 1 fully saturated rings. The second-order valence-corrected chi connectivity index (χ2v) is 5.02. The van der Waals surface area contributed by atoms with E-state index in [0.29, 0.717) is 6.04 Å². The zero-order chi connectivity index (χ0) is 9.26. The number of hydrogen-bond acceptors (Lipinski definition) is 3. The van der Waals surface area contributed by atoms with E-state index in [1.165, 1.54) is 4.88 Å². The quantitative estimate of drug-likeness (QED) is 0.781. The predicted octanol–water partition coefficient (Wildman–Crippen LogP) is 2.45. The van der Waals surface area contributed by atoms with Crippen molar-refractivity contribution in [2.75, 3.05) is 13.2 Å². The molecule has 4 heteroatoms. The number of ether oxygens (including phenoxy) is 1. The van der Waals surface area contributed by atoms with Crippen molar-refractivity contribution in [3.05, 3.63) is 21.3 Å². The van der Waals surface area contributed by atoms with E-state index in [2.05, 4.69) is 12.2 Å². The minimum atomic E-state index is 0.189. The van der Waals surface area contributed by atoms with Crippen LogP contribution in [0.4, 0.5) is 0 Å².